The summed E-state index contributed by atoms with van der Waals surface area (Å²) >= 11 is 0. The molecular formula is C20H20ClNO8. The quantitative estimate of drug-likeness (QED) is 0.449. The molecule has 0 fully saturated rings. The third-order valence-electron chi connectivity index (χ3n) is 6.42. The fourth-order valence-electron chi connectivity index (χ4n) is 5.01. The fraction of sp³-hybridized carbons (Fsp3) is 0.400. The highest BCUT2D eigenvalue weighted by atomic mass is 35.7. The molecule has 0 saturated carbocycles. The van der Waals surface area contributed by atoms with E-state index in [4.69, 9.17) is 37.6 Å². The van der Waals surface area contributed by atoms with Crippen molar-refractivity contribution in [3.8, 4) is 23.0 Å². The second kappa shape index (κ2) is 6.61. The summed E-state index contributed by atoms with van der Waals surface area (Å²) in [5.74, 6) is 3.53. The van der Waals surface area contributed by atoms with Crippen LogP contribution in [-0.2, 0) is 12.8 Å². The minimum absolute atomic E-state index is 0.326. The van der Waals surface area contributed by atoms with Gasteiger partial charge < -0.3 is 23.4 Å². The van der Waals surface area contributed by atoms with Crippen molar-refractivity contribution in [3.05, 3.63) is 46.5 Å². The topological polar surface area (TPSA) is 129 Å². The van der Waals surface area contributed by atoms with Gasteiger partial charge in [-0.2, -0.15) is 0 Å². The summed E-state index contributed by atoms with van der Waals surface area (Å²) in [6.07, 6.45) is 2.00. The Morgan fingerprint density at radius 2 is 1.03 bits per heavy atom. The first-order chi connectivity index (χ1) is 14.1. The zero-order chi connectivity index (χ0) is 21.3. The van der Waals surface area contributed by atoms with Crippen LogP contribution in [0.25, 0.3) is 0 Å². The Balaban J connectivity index is 0.000000349. The Morgan fingerprint density at radius 1 is 0.700 bits per heavy atom. The van der Waals surface area contributed by atoms with Crippen LogP contribution in [0.4, 0.5) is 0 Å². The van der Waals surface area contributed by atoms with E-state index in [-0.39, 0.29) is 0 Å². The van der Waals surface area contributed by atoms with Crippen LogP contribution in [0.2, 0.25) is 0 Å². The highest BCUT2D eigenvalue weighted by Gasteiger charge is 2.49. The zero-order valence-corrected chi connectivity index (χ0v) is 17.1. The molecule has 6 rings (SSSR count). The molecule has 2 aromatic carbocycles. The standard InChI is InChI=1S/C20H20NO4.ClHO4/c1-21(2)15-3-11-5-17-19(24-9-22-17)7-13(11)16(21)4-12-6-18-20(8-14(12)15)25-10-23-18;2-1(3,4)5/h5-8,15-16H,3-4,9-10H2,1-2H3;(H,2,3,4,5)/q+1;/p-1/t15-,16-;/m0./s1. The number of fused-ring (bicyclic) bond motifs is 8. The third kappa shape index (κ3) is 3.24. The second-order valence-corrected chi connectivity index (χ2v) is 9.01. The lowest BCUT2D eigenvalue weighted by Crippen LogP contribution is -2.68. The predicted molar refractivity (Wildman–Crippen MR) is 90.1 cm³/mol. The van der Waals surface area contributed by atoms with Crippen LogP contribution < -0.4 is 37.6 Å². The van der Waals surface area contributed by atoms with Crippen LogP contribution in [-0.4, -0.2) is 32.2 Å². The molecule has 160 valence electrons. The molecule has 0 unspecified atom stereocenters. The van der Waals surface area contributed by atoms with E-state index < -0.39 is 10.2 Å². The third-order valence-corrected chi connectivity index (χ3v) is 6.42. The normalized spacial score (nSPS) is 23.8. The Kier molecular flexibility index (Phi) is 4.34. The van der Waals surface area contributed by atoms with Gasteiger partial charge in [0.25, 0.3) is 0 Å². The van der Waals surface area contributed by atoms with Gasteiger partial charge in [0.1, 0.15) is 12.1 Å². The van der Waals surface area contributed by atoms with Crippen molar-refractivity contribution in [1.82, 2.24) is 0 Å². The SMILES string of the molecule is C[N+]1(C)[C@H]2Cc3cc4c(cc3[C@@H]1Cc1cc3c(cc12)OCO3)OCO4.[O-][Cl+3]([O-])([O-])[O-]. The maximum Gasteiger partial charge on any atom is 0.231 e. The van der Waals surface area contributed by atoms with Crippen molar-refractivity contribution in [2.24, 2.45) is 0 Å². The predicted octanol–water partition coefficient (Wildman–Crippen LogP) is -1.64. The van der Waals surface area contributed by atoms with Crippen molar-refractivity contribution in [1.29, 1.82) is 0 Å². The monoisotopic (exact) mass is 437 g/mol. The number of benzene rings is 2. The van der Waals surface area contributed by atoms with Crippen molar-refractivity contribution in [2.75, 3.05) is 27.7 Å². The molecule has 0 aliphatic carbocycles. The van der Waals surface area contributed by atoms with Crippen molar-refractivity contribution in [2.45, 2.75) is 24.9 Å². The molecule has 9 nitrogen and oxygen atoms in total. The van der Waals surface area contributed by atoms with Gasteiger partial charge in [-0.25, -0.2) is 18.6 Å². The second-order valence-electron chi connectivity index (χ2n) is 8.26. The maximum atomic E-state index is 8.49. The molecule has 2 aromatic rings. The number of nitrogens with zero attached hydrogens (tertiary/aromatic N) is 1. The lowest BCUT2D eigenvalue weighted by Gasteiger charge is -2.52. The van der Waals surface area contributed by atoms with Crippen LogP contribution in [0.3, 0.4) is 0 Å². The van der Waals surface area contributed by atoms with E-state index in [1.54, 1.807) is 0 Å². The summed E-state index contributed by atoms with van der Waals surface area (Å²) in [6.45, 7) is 0.651. The zero-order valence-electron chi connectivity index (χ0n) is 16.4. The maximum absolute atomic E-state index is 8.49. The molecule has 2 atom stereocenters. The van der Waals surface area contributed by atoms with E-state index in [9.17, 15) is 0 Å². The summed E-state index contributed by atoms with van der Waals surface area (Å²) in [7, 11) is -0.257. The van der Waals surface area contributed by atoms with E-state index in [1.165, 1.54) is 22.3 Å². The Labute approximate surface area is 174 Å². The molecule has 0 amide bonds. The van der Waals surface area contributed by atoms with Gasteiger partial charge in [-0.15, -0.1) is 10.2 Å². The molecule has 0 N–H and O–H groups in total. The highest BCUT2D eigenvalue weighted by molar-refractivity contribution is 5.55. The summed E-state index contributed by atoms with van der Waals surface area (Å²) in [6, 6.07) is 9.61. The van der Waals surface area contributed by atoms with E-state index in [0.29, 0.717) is 25.7 Å². The van der Waals surface area contributed by atoms with E-state index in [2.05, 4.69) is 38.4 Å². The summed E-state index contributed by atoms with van der Waals surface area (Å²) < 4.78 is 57.4. The lowest BCUT2D eigenvalue weighted by molar-refractivity contribution is -2.00. The van der Waals surface area contributed by atoms with Gasteiger partial charge in [-0.1, -0.05) is 0 Å². The molecule has 4 aliphatic rings. The fourth-order valence-corrected chi connectivity index (χ4v) is 5.01. The molecular weight excluding hydrogens is 418 g/mol. The van der Waals surface area contributed by atoms with E-state index >= 15 is 0 Å². The first-order valence-electron chi connectivity index (χ1n) is 9.41. The van der Waals surface area contributed by atoms with E-state index in [1.807, 2.05) is 0 Å². The Morgan fingerprint density at radius 3 is 1.40 bits per heavy atom. The van der Waals surface area contributed by atoms with Gasteiger partial charge >= 0.3 is 0 Å². The number of rotatable bonds is 0. The van der Waals surface area contributed by atoms with Gasteiger partial charge in [-0.05, 0) is 35.4 Å². The average Bonchev–Trinajstić information content (AvgIpc) is 3.26. The number of ether oxygens (including phenoxy) is 4. The first kappa shape index (κ1) is 19.7. The summed E-state index contributed by atoms with van der Waals surface area (Å²) in [5.41, 5.74) is 5.57. The lowest BCUT2D eigenvalue weighted by atomic mass is 9.75. The molecule has 0 radical (unpaired) electrons. The molecule has 4 heterocycles. The molecule has 2 bridgehead atoms. The van der Waals surface area contributed by atoms with Crippen LogP contribution >= 0.6 is 0 Å². The molecule has 0 saturated heterocycles. The molecule has 0 spiro atoms. The van der Waals surface area contributed by atoms with Crippen molar-refractivity contribution >= 4 is 0 Å². The summed E-state index contributed by atoms with van der Waals surface area (Å²) in [4.78, 5) is 0. The average molecular weight is 438 g/mol. The minimum Gasteiger partial charge on any atom is -0.454 e. The summed E-state index contributed by atoms with van der Waals surface area (Å²) in [5, 5.41) is 0. The van der Waals surface area contributed by atoms with Crippen molar-refractivity contribution in [3.63, 3.8) is 0 Å². The number of quaternary nitrogens is 1. The van der Waals surface area contributed by atoms with Crippen LogP contribution in [0.1, 0.15) is 34.3 Å². The van der Waals surface area contributed by atoms with Crippen LogP contribution in [0, 0.1) is 10.2 Å². The Hall–Kier alpha value is -2.27. The van der Waals surface area contributed by atoms with Crippen LogP contribution in [0.5, 0.6) is 23.0 Å². The Bertz CT molecular complexity index is 939. The first-order valence-corrected chi connectivity index (χ1v) is 10.6. The molecule has 4 aliphatic heterocycles. The number of halogens is 1. The van der Waals surface area contributed by atoms with Gasteiger partial charge in [0.2, 0.25) is 13.6 Å². The molecule has 10 heteroatoms. The van der Waals surface area contributed by atoms with Gasteiger partial charge in [0.15, 0.2) is 23.0 Å². The number of hydrogen-bond donors (Lipinski definition) is 0. The largest absolute Gasteiger partial charge is 0.454 e. The number of hydrogen-bond acceptors (Lipinski definition) is 8. The number of likely N-dealkylation sites (N-methyl/N-ethyl adjacent to an activating group) is 1. The smallest absolute Gasteiger partial charge is 0.231 e. The van der Waals surface area contributed by atoms with Crippen LogP contribution in [0.15, 0.2) is 24.3 Å². The van der Waals surface area contributed by atoms with Gasteiger partial charge in [-0.3, -0.25) is 0 Å². The van der Waals surface area contributed by atoms with Gasteiger partial charge in [0, 0.05) is 24.0 Å². The van der Waals surface area contributed by atoms with E-state index in [0.717, 1.165) is 40.3 Å². The highest BCUT2D eigenvalue weighted by Crippen LogP contribution is 2.54. The minimum atomic E-state index is -4.94. The van der Waals surface area contributed by atoms with Crippen molar-refractivity contribution < 1.29 is 52.3 Å². The molecule has 30 heavy (non-hydrogen) atoms. The molecule has 0 aromatic heterocycles. The van der Waals surface area contributed by atoms with Gasteiger partial charge in [0.05, 0.1) is 14.1 Å².